The van der Waals surface area contributed by atoms with Crippen LogP contribution in [-0.2, 0) is 9.16 Å². The second-order valence-corrected chi connectivity index (χ2v) is 11.8. The highest BCUT2D eigenvalue weighted by Gasteiger charge is 2.43. The van der Waals surface area contributed by atoms with Gasteiger partial charge in [0.15, 0.2) is 8.32 Å². The van der Waals surface area contributed by atoms with Crippen molar-refractivity contribution in [2.75, 3.05) is 6.61 Å². The first-order valence-electron chi connectivity index (χ1n) is 6.56. The van der Waals surface area contributed by atoms with Gasteiger partial charge < -0.3 is 9.16 Å². The Morgan fingerprint density at radius 3 is 2.56 bits per heavy atom. The second-order valence-electron chi connectivity index (χ2n) is 6.46. The van der Waals surface area contributed by atoms with Crippen LogP contribution >= 0.6 is 11.6 Å². The fourth-order valence-corrected chi connectivity index (χ4v) is 3.52. The molecule has 3 atom stereocenters. The van der Waals surface area contributed by atoms with Crippen LogP contribution in [0.2, 0.25) is 18.1 Å². The van der Waals surface area contributed by atoms with Crippen molar-refractivity contribution in [2.45, 2.75) is 69.3 Å². The maximum atomic E-state index is 6.42. The molecule has 0 amide bonds. The summed E-state index contributed by atoms with van der Waals surface area (Å²) in [4.78, 5) is 0. The van der Waals surface area contributed by atoms with Crippen LogP contribution in [-0.4, -0.2) is 32.5 Å². The van der Waals surface area contributed by atoms with E-state index in [-0.39, 0.29) is 22.6 Å². The predicted molar refractivity (Wildman–Crippen MR) is 79.5 cm³/mol. The average Bonchev–Trinajstić information content (AvgIpc) is 2.22. The van der Waals surface area contributed by atoms with Crippen LogP contribution in [0.3, 0.4) is 0 Å². The molecule has 4 heteroatoms. The van der Waals surface area contributed by atoms with Crippen LogP contribution in [0.25, 0.3) is 0 Å². The van der Waals surface area contributed by atoms with Crippen molar-refractivity contribution < 1.29 is 9.16 Å². The molecule has 0 unspecified atom stereocenters. The Morgan fingerprint density at radius 2 is 2.06 bits per heavy atom. The number of hydrogen-bond acceptors (Lipinski definition) is 2. The largest absolute Gasteiger partial charge is 0.410 e. The van der Waals surface area contributed by atoms with E-state index in [4.69, 9.17) is 27.2 Å². The molecule has 0 aromatic carbocycles. The molecule has 1 aliphatic rings. The third kappa shape index (κ3) is 3.74. The molecule has 2 nitrogen and oxygen atoms in total. The smallest absolute Gasteiger partial charge is 0.192 e. The number of terminal acetylenes is 1. The number of hydrogen-bond donors (Lipinski definition) is 0. The fraction of sp³-hybridized carbons (Fsp3) is 0.857. The summed E-state index contributed by atoms with van der Waals surface area (Å²) in [5, 5.41) is 0.174. The van der Waals surface area contributed by atoms with E-state index in [1.165, 1.54) is 0 Å². The van der Waals surface area contributed by atoms with Crippen LogP contribution in [0.1, 0.15) is 33.6 Å². The molecule has 1 aliphatic heterocycles. The summed E-state index contributed by atoms with van der Waals surface area (Å²) in [6.45, 7) is 11.8. The van der Waals surface area contributed by atoms with Gasteiger partial charge in [0.05, 0.1) is 17.6 Å². The summed E-state index contributed by atoms with van der Waals surface area (Å²) >= 11 is 6.42. The first-order chi connectivity index (χ1) is 8.19. The van der Waals surface area contributed by atoms with Crippen molar-refractivity contribution in [3.8, 4) is 12.3 Å². The molecular formula is C14H25ClO2Si. The molecule has 0 N–H and O–H groups in total. The summed E-state index contributed by atoms with van der Waals surface area (Å²) in [5.74, 6) is 2.66. The van der Waals surface area contributed by atoms with E-state index < -0.39 is 8.32 Å². The lowest BCUT2D eigenvalue weighted by Gasteiger charge is -2.44. The Bertz CT molecular complexity index is 317. The molecular weight excluding hydrogens is 264 g/mol. The van der Waals surface area contributed by atoms with Gasteiger partial charge in [-0.3, -0.25) is 0 Å². The Hall–Kier alpha value is -0.0131. The molecule has 0 spiro atoms. The SMILES string of the molecule is C#CC[C@H]1OCC[C@H](Cl)[C@@H]1O[Si](C)(C)C(C)(C)C. The topological polar surface area (TPSA) is 18.5 Å². The summed E-state index contributed by atoms with van der Waals surface area (Å²) in [7, 11) is -1.84. The number of rotatable bonds is 3. The minimum atomic E-state index is -1.84. The van der Waals surface area contributed by atoms with E-state index in [2.05, 4.69) is 39.8 Å². The van der Waals surface area contributed by atoms with Crippen molar-refractivity contribution in [3.63, 3.8) is 0 Å². The molecule has 0 radical (unpaired) electrons. The highest BCUT2D eigenvalue weighted by molar-refractivity contribution is 6.74. The van der Waals surface area contributed by atoms with Crippen LogP contribution < -0.4 is 0 Å². The zero-order valence-corrected chi connectivity index (χ0v) is 13.9. The van der Waals surface area contributed by atoms with Crippen LogP contribution in [0.4, 0.5) is 0 Å². The monoisotopic (exact) mass is 288 g/mol. The van der Waals surface area contributed by atoms with Crippen molar-refractivity contribution >= 4 is 19.9 Å². The molecule has 1 saturated heterocycles. The molecule has 0 aliphatic carbocycles. The van der Waals surface area contributed by atoms with Gasteiger partial charge in [-0.1, -0.05) is 20.8 Å². The van der Waals surface area contributed by atoms with E-state index >= 15 is 0 Å². The predicted octanol–water partition coefficient (Wildman–Crippen LogP) is 3.80. The normalized spacial score (nSPS) is 29.9. The number of halogens is 1. The Balaban J connectivity index is 2.81. The lowest BCUT2D eigenvalue weighted by Crippen LogP contribution is -2.52. The van der Waals surface area contributed by atoms with Gasteiger partial charge in [0.25, 0.3) is 0 Å². The highest BCUT2D eigenvalue weighted by atomic mass is 35.5. The van der Waals surface area contributed by atoms with Crippen LogP contribution in [0.15, 0.2) is 0 Å². The summed E-state index contributed by atoms with van der Waals surface area (Å²) < 4.78 is 12.1. The molecule has 0 aromatic rings. The lowest BCUT2D eigenvalue weighted by molar-refractivity contribution is -0.0616. The van der Waals surface area contributed by atoms with Crippen LogP contribution in [0.5, 0.6) is 0 Å². The summed E-state index contributed by atoms with van der Waals surface area (Å²) in [6.07, 6.45) is 6.68. The molecule has 1 fully saturated rings. The minimum Gasteiger partial charge on any atom is -0.410 e. The van der Waals surface area contributed by atoms with Crippen LogP contribution in [0, 0.1) is 12.3 Å². The van der Waals surface area contributed by atoms with Crippen molar-refractivity contribution in [1.29, 1.82) is 0 Å². The zero-order chi connectivity index (χ0) is 14.0. The maximum Gasteiger partial charge on any atom is 0.192 e. The molecule has 104 valence electrons. The van der Waals surface area contributed by atoms with E-state index in [0.717, 1.165) is 6.42 Å². The Labute approximate surface area is 118 Å². The molecule has 0 bridgehead atoms. The Kier molecular flexibility index (Phi) is 5.31. The number of alkyl halides is 1. The summed E-state index contributed by atoms with van der Waals surface area (Å²) in [5.41, 5.74) is 0. The average molecular weight is 289 g/mol. The Morgan fingerprint density at radius 1 is 1.44 bits per heavy atom. The van der Waals surface area contributed by atoms with Gasteiger partial charge in [-0.2, -0.15) is 0 Å². The highest BCUT2D eigenvalue weighted by Crippen LogP contribution is 2.39. The van der Waals surface area contributed by atoms with E-state index in [1.54, 1.807) is 0 Å². The van der Waals surface area contributed by atoms with Gasteiger partial charge in [0.1, 0.15) is 0 Å². The number of ether oxygens (including phenoxy) is 1. The minimum absolute atomic E-state index is 0.00576. The molecule has 1 rings (SSSR count). The van der Waals surface area contributed by atoms with Gasteiger partial charge in [-0.15, -0.1) is 23.9 Å². The fourth-order valence-electron chi connectivity index (χ4n) is 1.78. The molecule has 18 heavy (non-hydrogen) atoms. The quantitative estimate of drug-likeness (QED) is 0.447. The zero-order valence-electron chi connectivity index (χ0n) is 12.1. The molecule has 1 heterocycles. The lowest BCUT2D eigenvalue weighted by atomic mass is 10.0. The van der Waals surface area contributed by atoms with Gasteiger partial charge >= 0.3 is 0 Å². The van der Waals surface area contributed by atoms with Gasteiger partial charge in [-0.25, -0.2) is 0 Å². The first kappa shape index (κ1) is 16.0. The van der Waals surface area contributed by atoms with Crippen molar-refractivity contribution in [2.24, 2.45) is 0 Å². The van der Waals surface area contributed by atoms with E-state index in [9.17, 15) is 0 Å². The standard InChI is InChI=1S/C14H25ClO2Si/c1-7-8-12-13(11(15)9-10-16-12)17-18(5,6)14(2,3)4/h1,11-13H,8-10H2,2-6H3/t11-,12+,13-/m0/s1. The van der Waals surface area contributed by atoms with Gasteiger partial charge in [0.2, 0.25) is 0 Å². The second kappa shape index (κ2) is 5.96. The van der Waals surface area contributed by atoms with Crippen molar-refractivity contribution in [3.05, 3.63) is 0 Å². The molecule has 0 aromatic heterocycles. The maximum absolute atomic E-state index is 6.42. The van der Waals surface area contributed by atoms with E-state index in [0.29, 0.717) is 13.0 Å². The third-order valence-electron chi connectivity index (χ3n) is 4.00. The first-order valence-corrected chi connectivity index (χ1v) is 9.90. The van der Waals surface area contributed by atoms with Gasteiger partial charge in [0, 0.05) is 13.0 Å². The third-order valence-corrected chi connectivity index (χ3v) is 8.94. The van der Waals surface area contributed by atoms with Crippen molar-refractivity contribution in [1.82, 2.24) is 0 Å². The molecule has 0 saturated carbocycles. The summed E-state index contributed by atoms with van der Waals surface area (Å²) in [6, 6.07) is 0. The van der Waals surface area contributed by atoms with Gasteiger partial charge in [-0.05, 0) is 24.6 Å². The van der Waals surface area contributed by atoms with E-state index in [1.807, 2.05) is 0 Å².